The molecule has 107 heavy (non-hydrogen) atoms. The van der Waals surface area contributed by atoms with E-state index in [2.05, 4.69) is 62.2 Å². The van der Waals surface area contributed by atoms with Crippen LogP contribution in [-0.2, 0) is 53.3 Å². The number of anilines is 3. The SMILES string of the molecule is CCP(=O)(O)C(CO)(CO)OC[C@H]1O[C@@H](n2ncc3c(NC4CCCC4)nc(Cl)nc32)[C@H](O)[C@@H]1O.COCC(C)(OC[C@H]1O[C@@H](n2ncc3c(NC4CCCC4)cc(Cl)nc32)[C@H](O)[C@@H]1O)P(=O)(O)O.O=P(O)(O)C(CO)(CO)OC[C@H]1O[C@@H](n2ncc3c(NC4CCc5ccccc54)nc(Cl)nc32)[C@H](O)[C@@H]1O. The van der Waals surface area contributed by atoms with E-state index < -0.39 is 158 Å². The number of hydrogen-bond donors (Lipinski definition) is 18. The number of nitrogens with one attached hydrogen (secondary N) is 3. The van der Waals surface area contributed by atoms with Crippen molar-refractivity contribution in [2.75, 3.05) is 82.1 Å². The van der Waals surface area contributed by atoms with E-state index in [1.807, 2.05) is 18.2 Å². The predicted molar refractivity (Wildman–Crippen MR) is 380 cm³/mol. The third-order valence-corrected chi connectivity index (χ3v) is 26.2. The first-order valence-electron chi connectivity index (χ1n) is 34.3. The normalized spacial score (nSPS) is 27.0. The molecule has 0 spiro atoms. The predicted octanol–water partition coefficient (Wildman–Crippen LogP) is 2.13. The van der Waals surface area contributed by atoms with Crippen LogP contribution < -0.4 is 16.0 Å². The summed E-state index contributed by atoms with van der Waals surface area (Å²) >= 11 is 18.6. The Morgan fingerprint density at radius 2 is 0.981 bits per heavy atom. The van der Waals surface area contributed by atoms with Crippen LogP contribution in [0.1, 0.15) is 107 Å². The number of fused-ring (bicyclic) bond motifs is 4. The van der Waals surface area contributed by atoms with Crippen molar-refractivity contribution in [1.82, 2.24) is 54.3 Å². The fraction of sp³-hybridized carbons (Fsp3) is 0.645. The second-order valence-electron chi connectivity index (χ2n) is 27.2. The summed E-state index contributed by atoms with van der Waals surface area (Å²) in [7, 11) is -12.6. The third-order valence-electron chi connectivity index (χ3n) is 20.2. The largest absolute Gasteiger partial charge is 0.393 e. The monoisotopic (exact) mass is 1630 g/mol. The molecule has 1 aromatic carbocycles. The van der Waals surface area contributed by atoms with E-state index in [1.54, 1.807) is 12.3 Å². The number of ether oxygens (including phenoxy) is 7. The second kappa shape index (κ2) is 34.2. The molecular weight excluding hydrogens is 1540 g/mol. The minimum absolute atomic E-state index is 0.00673. The van der Waals surface area contributed by atoms with E-state index in [-0.39, 0.29) is 51.9 Å². The van der Waals surface area contributed by atoms with Gasteiger partial charge in [-0.15, -0.1) is 0 Å². The molecule has 45 heteroatoms. The minimum Gasteiger partial charge on any atom is -0.393 e. The Morgan fingerprint density at radius 1 is 0.551 bits per heavy atom. The van der Waals surface area contributed by atoms with Gasteiger partial charge in [-0.3, -0.25) is 13.7 Å². The van der Waals surface area contributed by atoms with Gasteiger partial charge in [0, 0.05) is 25.4 Å². The molecule has 15 atom stereocenters. The van der Waals surface area contributed by atoms with E-state index in [0.717, 1.165) is 75.5 Å². The molecule has 13 rings (SSSR count). The summed E-state index contributed by atoms with van der Waals surface area (Å²) < 4.78 is 78.3. The number of pyridine rings is 1. The molecule has 592 valence electrons. The fourth-order valence-electron chi connectivity index (χ4n) is 13.7. The van der Waals surface area contributed by atoms with Gasteiger partial charge in [-0.05, 0) is 85.8 Å². The molecule has 6 aromatic heterocycles. The topological polar surface area (TPSA) is 573 Å². The lowest BCUT2D eigenvalue weighted by molar-refractivity contribution is -0.121. The highest BCUT2D eigenvalue weighted by molar-refractivity contribution is 7.59. The molecule has 18 N–H and O–H groups in total. The molecule has 0 amide bonds. The van der Waals surface area contributed by atoms with Crippen molar-refractivity contribution < 1.29 is 122 Å². The molecule has 6 aliphatic rings. The highest BCUT2D eigenvalue weighted by atomic mass is 35.5. The lowest BCUT2D eigenvalue weighted by Gasteiger charge is -2.34. The van der Waals surface area contributed by atoms with Crippen LogP contribution in [0.2, 0.25) is 15.7 Å². The first-order chi connectivity index (χ1) is 50.8. The van der Waals surface area contributed by atoms with Crippen molar-refractivity contribution in [2.24, 2.45) is 0 Å². The first kappa shape index (κ1) is 83.0. The van der Waals surface area contributed by atoms with E-state index in [4.69, 9.17) is 68.0 Å². The Labute approximate surface area is 625 Å². The summed E-state index contributed by atoms with van der Waals surface area (Å²) in [6.45, 7) is -3.52. The van der Waals surface area contributed by atoms with Gasteiger partial charge in [0.15, 0.2) is 46.3 Å². The lowest BCUT2D eigenvalue weighted by Crippen LogP contribution is -2.44. The summed E-state index contributed by atoms with van der Waals surface area (Å²) in [6.07, 6.45) is -1.08. The molecule has 0 bridgehead atoms. The van der Waals surface area contributed by atoms with Crippen LogP contribution in [0.5, 0.6) is 0 Å². The zero-order valence-electron chi connectivity index (χ0n) is 57.9. The van der Waals surface area contributed by atoms with Crippen molar-refractivity contribution in [3.63, 3.8) is 0 Å². The molecule has 3 aliphatic heterocycles. The second-order valence-corrected chi connectivity index (χ2v) is 35.0. The molecule has 3 unspecified atom stereocenters. The fourth-order valence-corrected chi connectivity index (χ4v) is 16.7. The summed E-state index contributed by atoms with van der Waals surface area (Å²) in [5.74, 6) is 0.943. The number of methoxy groups -OCH3 is 1. The van der Waals surface area contributed by atoms with Gasteiger partial charge in [0.05, 0.1) is 99.3 Å². The standard InChI is InChI=1S/C22H27ClN5O9P.C20H31ClN5O8P.C20H30ClN4O8P/c23-21-26-18(25-14-6-5-11-3-1-2-4-12(11)14)13-7-24-28(19(13)27-21)20-17(32)16(31)15(37-20)8-36-22(9-29,10-30)38(33,34)35;1-2-35(31,32)20(9-27,10-28)33-8-13-14(29)15(30)18(34-13)26-17-12(7-22-26)16(24-19(21)25-17)23-11-5-3-4-6-11;1-20(10-31-2,34(28,29)30)32-9-14-16(26)17(27)19(33-14)25-18-12(8-22-25)13(7-15(21)24-18)23-11-5-3-4-6-11/h1-4,7,14-17,20,29-32H,5-6,8-10H2,(H,25,26,27)(H2,33,34,35);7,11,13-15,18,27-30H,2-6,8-10H2,1H3,(H,31,32)(H,23,24,25);7-8,11,14,16-17,19,26-27H,3-6,9-10H2,1-2H3,(H,23,24)(H2,28,29,30)/t14?,15-,16-,17-,20-;13-,14-,15-,18-;14-,16-,17-,19-,20?/m111/s1. The van der Waals surface area contributed by atoms with Crippen LogP contribution in [0.15, 0.2) is 48.9 Å². The summed E-state index contributed by atoms with van der Waals surface area (Å²) in [5, 5.41) is 120. The molecule has 9 heterocycles. The van der Waals surface area contributed by atoms with Gasteiger partial charge >= 0.3 is 15.2 Å². The van der Waals surface area contributed by atoms with Crippen LogP contribution in [0.4, 0.5) is 17.3 Å². The Bertz CT molecular complexity index is 4360. The zero-order valence-corrected chi connectivity index (χ0v) is 62.9. The summed E-state index contributed by atoms with van der Waals surface area (Å²) in [6, 6.07) is 10.4. The van der Waals surface area contributed by atoms with Crippen LogP contribution in [-0.4, -0.2) is 279 Å². The van der Waals surface area contributed by atoms with Crippen molar-refractivity contribution in [1.29, 1.82) is 0 Å². The highest BCUT2D eigenvalue weighted by Crippen LogP contribution is 2.56. The van der Waals surface area contributed by atoms with Crippen LogP contribution in [0, 0.1) is 0 Å². The minimum atomic E-state index is -5.12. The molecule has 3 saturated heterocycles. The molecule has 2 saturated carbocycles. The van der Waals surface area contributed by atoms with Crippen molar-refractivity contribution in [3.8, 4) is 0 Å². The maximum Gasteiger partial charge on any atom is 0.361 e. The number of rotatable bonds is 28. The zero-order chi connectivity index (χ0) is 77.3. The average molecular weight is 1630 g/mol. The number of aliphatic hydroxyl groups is 10. The molecule has 3 aliphatic carbocycles. The van der Waals surface area contributed by atoms with Crippen molar-refractivity contribution in [3.05, 3.63) is 75.8 Å². The maximum atomic E-state index is 12.5. The first-order valence-corrected chi connectivity index (χ1v) is 40.5. The number of benzene rings is 1. The lowest BCUT2D eigenvalue weighted by atomic mass is 10.1. The van der Waals surface area contributed by atoms with Gasteiger partial charge in [0.1, 0.15) is 71.7 Å². The number of nitrogens with zero attached hydrogens (tertiary/aromatic N) is 11. The van der Waals surface area contributed by atoms with Crippen LogP contribution in [0.25, 0.3) is 33.1 Å². The highest BCUT2D eigenvalue weighted by Gasteiger charge is 2.54. The summed E-state index contributed by atoms with van der Waals surface area (Å²) in [4.78, 5) is 69.9. The number of aryl methyl sites for hydroxylation is 1. The van der Waals surface area contributed by atoms with E-state index in [0.29, 0.717) is 39.5 Å². The van der Waals surface area contributed by atoms with Crippen LogP contribution >= 0.6 is 57.4 Å². The van der Waals surface area contributed by atoms with E-state index >= 15 is 0 Å². The van der Waals surface area contributed by atoms with Gasteiger partial charge in [-0.2, -0.15) is 35.2 Å². The van der Waals surface area contributed by atoms with Crippen molar-refractivity contribution in [2.45, 2.75) is 186 Å². The van der Waals surface area contributed by atoms with Crippen molar-refractivity contribution >= 4 is 108 Å². The third kappa shape index (κ3) is 17.2. The van der Waals surface area contributed by atoms with Gasteiger partial charge in [-0.1, -0.05) is 68.5 Å². The number of halogens is 3. The van der Waals surface area contributed by atoms with Crippen LogP contribution in [0.3, 0.4) is 0 Å². The van der Waals surface area contributed by atoms with Gasteiger partial charge < -0.3 is 125 Å². The Hall–Kier alpha value is -4.98. The Kier molecular flexibility index (Phi) is 26.5. The molecule has 0 radical (unpaired) electrons. The number of hydrogen-bond acceptors (Lipinski definition) is 31. The molecular formula is C62H88Cl3N14O25P3. The quantitative estimate of drug-likeness (QED) is 0.0190. The number of aromatic nitrogens is 11. The number of aliphatic hydroxyl groups excluding tert-OH is 10. The maximum absolute atomic E-state index is 12.5. The summed E-state index contributed by atoms with van der Waals surface area (Å²) in [5.41, 5.74) is 4.04. The molecule has 5 fully saturated rings. The van der Waals surface area contributed by atoms with E-state index in [9.17, 15) is 89.2 Å². The Balaban J connectivity index is 0.000000160. The van der Waals surface area contributed by atoms with Gasteiger partial charge in [-0.25, -0.2) is 19.0 Å². The molecule has 7 aromatic rings. The Morgan fingerprint density at radius 3 is 1.43 bits per heavy atom. The smallest absolute Gasteiger partial charge is 0.361 e. The van der Waals surface area contributed by atoms with Gasteiger partial charge in [0.2, 0.25) is 23.3 Å². The van der Waals surface area contributed by atoms with E-state index in [1.165, 1.54) is 53.0 Å². The molecule has 39 nitrogen and oxygen atoms in total. The van der Waals surface area contributed by atoms with Gasteiger partial charge in [0.25, 0.3) is 0 Å². The average Bonchev–Trinajstić information content (AvgIpc) is 1.59.